The SMILES string of the molecule is Cc1nc2nc(N)cc(-c3cc4cc(CN(C)c5ccccc5)ccc4[nH]3)c2[nH]1. The summed E-state index contributed by atoms with van der Waals surface area (Å²) in [5.41, 5.74) is 13.1. The normalized spacial score (nSPS) is 11.4. The Morgan fingerprint density at radius 3 is 2.62 bits per heavy atom. The summed E-state index contributed by atoms with van der Waals surface area (Å²) in [6.07, 6.45) is 0. The van der Waals surface area contributed by atoms with Crippen molar-refractivity contribution in [1.29, 1.82) is 0 Å². The molecule has 0 spiro atoms. The zero-order valence-electron chi connectivity index (χ0n) is 16.4. The maximum absolute atomic E-state index is 6.02. The van der Waals surface area contributed by atoms with E-state index in [1.54, 1.807) is 0 Å². The van der Waals surface area contributed by atoms with Gasteiger partial charge in [0, 0.05) is 41.4 Å². The molecule has 0 fully saturated rings. The van der Waals surface area contributed by atoms with Crippen molar-refractivity contribution in [2.24, 2.45) is 0 Å². The molecule has 0 aliphatic heterocycles. The fourth-order valence-electron chi connectivity index (χ4n) is 3.81. The predicted octanol–water partition coefficient (Wildman–Crippen LogP) is 4.63. The first-order valence-corrected chi connectivity index (χ1v) is 9.58. The van der Waals surface area contributed by atoms with Crippen LogP contribution in [0, 0.1) is 6.92 Å². The van der Waals surface area contributed by atoms with Gasteiger partial charge < -0.3 is 20.6 Å². The monoisotopic (exact) mass is 382 g/mol. The number of rotatable bonds is 4. The number of aromatic nitrogens is 4. The summed E-state index contributed by atoms with van der Waals surface area (Å²) < 4.78 is 0. The quantitative estimate of drug-likeness (QED) is 0.423. The van der Waals surface area contributed by atoms with Gasteiger partial charge in [-0.2, -0.15) is 0 Å². The fraction of sp³-hybridized carbons (Fsp3) is 0.130. The number of anilines is 2. The predicted molar refractivity (Wildman–Crippen MR) is 119 cm³/mol. The summed E-state index contributed by atoms with van der Waals surface area (Å²) in [5.74, 6) is 1.28. The second kappa shape index (κ2) is 6.67. The van der Waals surface area contributed by atoms with Gasteiger partial charge >= 0.3 is 0 Å². The molecule has 0 bridgehead atoms. The van der Waals surface area contributed by atoms with Crippen LogP contribution in [0.3, 0.4) is 0 Å². The molecule has 0 radical (unpaired) electrons. The highest BCUT2D eigenvalue weighted by molar-refractivity contribution is 5.95. The Morgan fingerprint density at radius 1 is 0.966 bits per heavy atom. The number of nitrogens with one attached hydrogen (secondary N) is 2. The third-order valence-electron chi connectivity index (χ3n) is 5.19. The number of hydrogen-bond acceptors (Lipinski definition) is 4. The number of aromatic amines is 2. The smallest absolute Gasteiger partial charge is 0.180 e. The molecule has 0 aliphatic carbocycles. The molecule has 0 saturated heterocycles. The average molecular weight is 382 g/mol. The lowest BCUT2D eigenvalue weighted by atomic mass is 10.1. The van der Waals surface area contributed by atoms with E-state index >= 15 is 0 Å². The number of nitrogens with zero attached hydrogens (tertiary/aromatic N) is 3. The van der Waals surface area contributed by atoms with E-state index in [9.17, 15) is 0 Å². The lowest BCUT2D eigenvalue weighted by Gasteiger charge is -2.19. The van der Waals surface area contributed by atoms with Crippen LogP contribution in [0.1, 0.15) is 11.4 Å². The highest BCUT2D eigenvalue weighted by atomic mass is 15.1. The van der Waals surface area contributed by atoms with Gasteiger partial charge in [-0.3, -0.25) is 0 Å². The molecule has 5 rings (SSSR count). The summed E-state index contributed by atoms with van der Waals surface area (Å²) in [6.45, 7) is 2.76. The molecular formula is C23H22N6. The average Bonchev–Trinajstić information content (AvgIpc) is 3.30. The van der Waals surface area contributed by atoms with Gasteiger partial charge in [-0.25, -0.2) is 9.97 Å². The number of aryl methyl sites for hydroxylation is 1. The first-order valence-electron chi connectivity index (χ1n) is 9.58. The molecular weight excluding hydrogens is 360 g/mol. The number of para-hydroxylation sites is 1. The van der Waals surface area contributed by atoms with Crippen LogP contribution < -0.4 is 10.6 Å². The first-order chi connectivity index (χ1) is 14.1. The Bertz CT molecular complexity index is 1320. The van der Waals surface area contributed by atoms with Gasteiger partial charge in [0.25, 0.3) is 0 Å². The summed E-state index contributed by atoms with van der Waals surface area (Å²) >= 11 is 0. The van der Waals surface area contributed by atoms with E-state index in [1.807, 2.05) is 19.1 Å². The molecule has 0 amide bonds. The Labute approximate surface area is 168 Å². The van der Waals surface area contributed by atoms with Crippen LogP contribution >= 0.6 is 0 Å². The molecule has 6 heteroatoms. The van der Waals surface area contributed by atoms with Crippen LogP contribution in [0.5, 0.6) is 0 Å². The van der Waals surface area contributed by atoms with Crippen LogP contribution in [0.15, 0.2) is 60.7 Å². The van der Waals surface area contributed by atoms with Crippen molar-refractivity contribution >= 4 is 33.6 Å². The second-order valence-electron chi connectivity index (χ2n) is 7.41. The van der Waals surface area contributed by atoms with Crippen molar-refractivity contribution in [1.82, 2.24) is 19.9 Å². The van der Waals surface area contributed by atoms with E-state index in [2.05, 4.69) is 80.4 Å². The van der Waals surface area contributed by atoms with Crippen molar-refractivity contribution in [3.05, 3.63) is 72.1 Å². The van der Waals surface area contributed by atoms with E-state index in [0.29, 0.717) is 11.5 Å². The molecule has 0 saturated carbocycles. The summed E-state index contributed by atoms with van der Waals surface area (Å²) in [7, 11) is 2.11. The fourth-order valence-corrected chi connectivity index (χ4v) is 3.81. The molecule has 6 nitrogen and oxygen atoms in total. The summed E-state index contributed by atoms with van der Waals surface area (Å²) in [6, 6.07) is 21.0. The summed E-state index contributed by atoms with van der Waals surface area (Å²) in [5, 5.41) is 1.17. The number of hydrogen-bond donors (Lipinski definition) is 3. The Hall–Kier alpha value is -3.80. The number of imidazole rings is 1. The van der Waals surface area contributed by atoms with Crippen LogP contribution in [-0.4, -0.2) is 27.0 Å². The molecule has 144 valence electrons. The standard InChI is InChI=1S/C23H22N6/c1-14-25-22-18(12-21(24)28-23(22)26-14)20-11-16-10-15(8-9-19(16)27-20)13-29(2)17-6-4-3-5-7-17/h3-12,27H,13H2,1-2H3,(H3,24,25,26,28). The number of nitrogens with two attached hydrogens (primary N) is 1. The van der Waals surface area contributed by atoms with Crippen LogP contribution in [0.25, 0.3) is 33.3 Å². The van der Waals surface area contributed by atoms with Gasteiger partial charge in [-0.1, -0.05) is 24.3 Å². The van der Waals surface area contributed by atoms with Gasteiger partial charge in [-0.15, -0.1) is 0 Å². The molecule has 0 atom stereocenters. The number of nitrogen functional groups attached to an aromatic ring is 1. The maximum atomic E-state index is 6.02. The van der Waals surface area contributed by atoms with Crippen molar-refractivity contribution in [3.63, 3.8) is 0 Å². The highest BCUT2D eigenvalue weighted by Crippen LogP contribution is 2.31. The molecule has 0 aliphatic rings. The minimum absolute atomic E-state index is 0.461. The number of H-pyrrole nitrogens is 2. The largest absolute Gasteiger partial charge is 0.384 e. The number of fused-ring (bicyclic) bond motifs is 2. The van der Waals surface area contributed by atoms with E-state index in [4.69, 9.17) is 5.73 Å². The molecule has 3 heterocycles. The third-order valence-corrected chi connectivity index (χ3v) is 5.19. The van der Waals surface area contributed by atoms with Gasteiger partial charge in [-0.05, 0) is 48.9 Å². The Morgan fingerprint density at radius 2 is 1.79 bits per heavy atom. The molecule has 0 unspecified atom stereocenters. The molecule has 4 N–H and O–H groups in total. The van der Waals surface area contributed by atoms with Gasteiger partial charge in [0.15, 0.2) is 5.65 Å². The molecule has 2 aromatic carbocycles. The van der Waals surface area contributed by atoms with Crippen molar-refractivity contribution in [3.8, 4) is 11.3 Å². The highest BCUT2D eigenvalue weighted by Gasteiger charge is 2.13. The lowest BCUT2D eigenvalue weighted by Crippen LogP contribution is -2.15. The summed E-state index contributed by atoms with van der Waals surface area (Å²) in [4.78, 5) is 17.8. The van der Waals surface area contributed by atoms with Gasteiger partial charge in [0.05, 0.1) is 5.52 Å². The lowest BCUT2D eigenvalue weighted by molar-refractivity contribution is 0.925. The Kier molecular flexibility index (Phi) is 3.98. The van der Waals surface area contributed by atoms with Crippen molar-refractivity contribution in [2.75, 3.05) is 17.7 Å². The number of benzene rings is 2. The number of pyridine rings is 1. The van der Waals surface area contributed by atoms with Crippen molar-refractivity contribution < 1.29 is 0 Å². The van der Waals surface area contributed by atoms with E-state index in [-0.39, 0.29) is 0 Å². The maximum Gasteiger partial charge on any atom is 0.180 e. The third kappa shape index (κ3) is 3.18. The van der Waals surface area contributed by atoms with E-state index in [0.717, 1.165) is 34.7 Å². The van der Waals surface area contributed by atoms with E-state index < -0.39 is 0 Å². The molecule has 3 aromatic heterocycles. The first kappa shape index (κ1) is 17.3. The molecule has 29 heavy (non-hydrogen) atoms. The minimum Gasteiger partial charge on any atom is -0.384 e. The van der Waals surface area contributed by atoms with E-state index in [1.165, 1.54) is 16.6 Å². The topological polar surface area (TPSA) is 86.6 Å². The minimum atomic E-state index is 0.461. The van der Waals surface area contributed by atoms with Crippen LogP contribution in [0.4, 0.5) is 11.5 Å². The Balaban J connectivity index is 1.52. The zero-order chi connectivity index (χ0) is 20.0. The second-order valence-corrected chi connectivity index (χ2v) is 7.41. The van der Waals surface area contributed by atoms with Gasteiger partial charge in [0.2, 0.25) is 0 Å². The van der Waals surface area contributed by atoms with Crippen LogP contribution in [-0.2, 0) is 6.54 Å². The van der Waals surface area contributed by atoms with Crippen LogP contribution in [0.2, 0.25) is 0 Å². The van der Waals surface area contributed by atoms with Crippen molar-refractivity contribution in [2.45, 2.75) is 13.5 Å². The van der Waals surface area contributed by atoms with Gasteiger partial charge in [0.1, 0.15) is 11.6 Å². The molecule has 5 aromatic rings. The zero-order valence-corrected chi connectivity index (χ0v) is 16.4.